The molecule has 2 atom stereocenters. The standard InChI is InChI=1S/C19H19NO4S/c21-18(22)17-11-16(25-15-9-5-2-6-10-15)12-20(17)19(23)24-13-14-7-3-1-4-8-14/h1-10,16-17H,11-13H2,(H,21,22)/t16-,17+/m1/s1. The quantitative estimate of drug-likeness (QED) is 0.885. The van der Waals surface area contributed by atoms with Gasteiger partial charge in [-0.25, -0.2) is 9.59 Å². The highest BCUT2D eigenvalue weighted by Crippen LogP contribution is 2.33. The van der Waals surface area contributed by atoms with Crippen LogP contribution in [0.1, 0.15) is 12.0 Å². The van der Waals surface area contributed by atoms with E-state index < -0.39 is 18.1 Å². The molecule has 25 heavy (non-hydrogen) atoms. The average molecular weight is 357 g/mol. The van der Waals surface area contributed by atoms with E-state index in [-0.39, 0.29) is 11.9 Å². The molecule has 5 nitrogen and oxygen atoms in total. The summed E-state index contributed by atoms with van der Waals surface area (Å²) in [4.78, 5) is 26.3. The number of carbonyl (C=O) groups excluding carboxylic acids is 1. The molecule has 130 valence electrons. The monoisotopic (exact) mass is 357 g/mol. The number of hydrogen-bond acceptors (Lipinski definition) is 4. The molecule has 1 aliphatic rings. The zero-order valence-electron chi connectivity index (χ0n) is 13.6. The van der Waals surface area contributed by atoms with Crippen LogP contribution in [0.5, 0.6) is 0 Å². The number of nitrogens with zero attached hydrogens (tertiary/aromatic N) is 1. The Balaban J connectivity index is 1.62. The molecule has 0 aliphatic carbocycles. The highest BCUT2D eigenvalue weighted by Gasteiger charge is 2.40. The van der Waals surface area contributed by atoms with Crippen LogP contribution in [-0.2, 0) is 16.1 Å². The van der Waals surface area contributed by atoms with Crippen molar-refractivity contribution in [2.75, 3.05) is 6.54 Å². The minimum absolute atomic E-state index is 0.0350. The topological polar surface area (TPSA) is 66.8 Å². The van der Waals surface area contributed by atoms with E-state index in [0.717, 1.165) is 10.5 Å². The summed E-state index contributed by atoms with van der Waals surface area (Å²) in [6.07, 6.45) is -0.164. The van der Waals surface area contributed by atoms with E-state index in [2.05, 4.69) is 0 Å². The number of aliphatic carboxylic acids is 1. The fourth-order valence-corrected chi connectivity index (χ4v) is 4.03. The smallest absolute Gasteiger partial charge is 0.410 e. The normalized spacial score (nSPS) is 19.6. The van der Waals surface area contributed by atoms with Crippen molar-refractivity contribution in [3.05, 3.63) is 66.2 Å². The first-order chi connectivity index (χ1) is 12.1. The largest absolute Gasteiger partial charge is 0.480 e. The zero-order valence-corrected chi connectivity index (χ0v) is 14.4. The number of ether oxygens (including phenoxy) is 1. The Morgan fingerprint density at radius 1 is 1.08 bits per heavy atom. The molecule has 1 fully saturated rings. The van der Waals surface area contributed by atoms with Crippen molar-refractivity contribution in [3.8, 4) is 0 Å². The zero-order chi connectivity index (χ0) is 17.6. The van der Waals surface area contributed by atoms with Gasteiger partial charge in [-0.05, 0) is 24.1 Å². The molecular weight excluding hydrogens is 338 g/mol. The molecule has 1 saturated heterocycles. The van der Waals surface area contributed by atoms with E-state index in [1.807, 2.05) is 60.7 Å². The van der Waals surface area contributed by atoms with Gasteiger partial charge in [0, 0.05) is 16.7 Å². The molecule has 0 saturated carbocycles. The summed E-state index contributed by atoms with van der Waals surface area (Å²) in [6.45, 7) is 0.503. The fourth-order valence-electron chi connectivity index (χ4n) is 2.81. The Bertz CT molecular complexity index is 723. The van der Waals surface area contributed by atoms with Gasteiger partial charge in [0.1, 0.15) is 12.6 Å². The molecule has 3 rings (SSSR count). The minimum atomic E-state index is -0.993. The molecule has 0 radical (unpaired) electrons. The van der Waals surface area contributed by atoms with Crippen molar-refractivity contribution in [1.29, 1.82) is 0 Å². The Morgan fingerprint density at radius 2 is 1.72 bits per heavy atom. The Hall–Kier alpha value is -2.47. The number of likely N-dealkylation sites (tertiary alicyclic amines) is 1. The van der Waals surface area contributed by atoms with E-state index in [4.69, 9.17) is 4.74 Å². The van der Waals surface area contributed by atoms with Crippen molar-refractivity contribution in [2.24, 2.45) is 0 Å². The molecule has 1 aliphatic heterocycles. The van der Waals surface area contributed by atoms with E-state index >= 15 is 0 Å². The van der Waals surface area contributed by atoms with Gasteiger partial charge in [-0.15, -0.1) is 11.8 Å². The second-order valence-electron chi connectivity index (χ2n) is 5.84. The highest BCUT2D eigenvalue weighted by molar-refractivity contribution is 8.00. The lowest BCUT2D eigenvalue weighted by molar-refractivity contribution is -0.141. The van der Waals surface area contributed by atoms with Gasteiger partial charge in [0.25, 0.3) is 0 Å². The van der Waals surface area contributed by atoms with Crippen LogP contribution >= 0.6 is 11.8 Å². The third-order valence-electron chi connectivity index (χ3n) is 4.03. The lowest BCUT2D eigenvalue weighted by atomic mass is 10.2. The van der Waals surface area contributed by atoms with Gasteiger partial charge in [-0.3, -0.25) is 4.90 Å². The van der Waals surface area contributed by atoms with E-state index in [1.54, 1.807) is 11.8 Å². The van der Waals surface area contributed by atoms with Gasteiger partial charge in [-0.2, -0.15) is 0 Å². The first-order valence-corrected chi connectivity index (χ1v) is 8.93. The number of hydrogen-bond donors (Lipinski definition) is 1. The first-order valence-electron chi connectivity index (χ1n) is 8.05. The maximum absolute atomic E-state index is 12.4. The third kappa shape index (κ3) is 4.54. The molecule has 0 unspecified atom stereocenters. The molecule has 2 aromatic rings. The lowest BCUT2D eigenvalue weighted by Crippen LogP contribution is -2.40. The molecule has 1 heterocycles. The predicted octanol–water partition coefficient (Wildman–Crippen LogP) is 3.64. The van der Waals surface area contributed by atoms with Gasteiger partial charge in [-0.1, -0.05) is 48.5 Å². The van der Waals surface area contributed by atoms with Crippen molar-refractivity contribution < 1.29 is 19.4 Å². The molecule has 0 aromatic heterocycles. The van der Waals surface area contributed by atoms with Crippen molar-refractivity contribution >= 4 is 23.8 Å². The van der Waals surface area contributed by atoms with E-state index in [1.165, 1.54) is 4.90 Å². The van der Waals surface area contributed by atoms with Crippen molar-refractivity contribution in [3.63, 3.8) is 0 Å². The Kier molecular flexibility index (Phi) is 5.60. The van der Waals surface area contributed by atoms with Crippen molar-refractivity contribution in [1.82, 2.24) is 4.90 Å². The van der Waals surface area contributed by atoms with Crippen LogP contribution in [0.25, 0.3) is 0 Å². The number of amides is 1. The number of rotatable bonds is 5. The second-order valence-corrected chi connectivity index (χ2v) is 7.21. The molecule has 6 heteroatoms. The van der Waals surface area contributed by atoms with E-state index in [9.17, 15) is 14.7 Å². The summed E-state index contributed by atoms with van der Waals surface area (Å²) in [5, 5.41) is 9.48. The molecular formula is C19H19NO4S. The summed E-state index contributed by atoms with van der Waals surface area (Å²) in [5.41, 5.74) is 0.872. The number of benzene rings is 2. The van der Waals surface area contributed by atoms with Crippen molar-refractivity contribution in [2.45, 2.75) is 29.2 Å². The highest BCUT2D eigenvalue weighted by atomic mass is 32.2. The van der Waals surface area contributed by atoms with Crippen LogP contribution in [0.2, 0.25) is 0 Å². The molecule has 0 spiro atoms. The predicted molar refractivity (Wildman–Crippen MR) is 95.5 cm³/mol. The minimum Gasteiger partial charge on any atom is -0.480 e. The summed E-state index contributed by atoms with van der Waals surface area (Å²) in [5.74, 6) is -0.993. The molecule has 1 N–H and O–H groups in total. The summed E-state index contributed by atoms with van der Waals surface area (Å²) in [6, 6.07) is 18.3. The summed E-state index contributed by atoms with van der Waals surface area (Å²) < 4.78 is 5.31. The second kappa shape index (κ2) is 8.07. The summed E-state index contributed by atoms with van der Waals surface area (Å²) in [7, 11) is 0. The van der Waals surface area contributed by atoms with Gasteiger partial charge >= 0.3 is 12.1 Å². The number of thioether (sulfide) groups is 1. The number of carboxylic acids is 1. The SMILES string of the molecule is O=C(O)[C@@H]1C[C@@H](Sc2ccccc2)CN1C(=O)OCc1ccccc1. The van der Waals surface area contributed by atoms with Gasteiger partial charge in [0.2, 0.25) is 0 Å². The molecule has 2 aromatic carbocycles. The van der Waals surface area contributed by atoms with Crippen LogP contribution in [0, 0.1) is 0 Å². The van der Waals surface area contributed by atoms with Crippen LogP contribution in [-0.4, -0.2) is 39.9 Å². The van der Waals surface area contributed by atoms with Gasteiger partial charge in [0.05, 0.1) is 0 Å². The maximum atomic E-state index is 12.4. The van der Waals surface area contributed by atoms with Crippen LogP contribution in [0.4, 0.5) is 4.79 Å². The molecule has 1 amide bonds. The Morgan fingerprint density at radius 3 is 2.36 bits per heavy atom. The number of carbonyl (C=O) groups is 2. The maximum Gasteiger partial charge on any atom is 0.410 e. The van der Waals surface area contributed by atoms with E-state index in [0.29, 0.717) is 13.0 Å². The average Bonchev–Trinajstić information content (AvgIpc) is 3.06. The number of carboxylic acid groups (broad SMARTS) is 1. The lowest BCUT2D eigenvalue weighted by Gasteiger charge is -2.20. The van der Waals surface area contributed by atoms with Crippen LogP contribution < -0.4 is 0 Å². The van der Waals surface area contributed by atoms with Crippen LogP contribution in [0.15, 0.2) is 65.6 Å². The third-order valence-corrected chi connectivity index (χ3v) is 5.25. The Labute approximate surface area is 150 Å². The fraction of sp³-hybridized carbons (Fsp3) is 0.263. The summed E-state index contributed by atoms with van der Waals surface area (Å²) >= 11 is 1.60. The van der Waals surface area contributed by atoms with Gasteiger partial charge in [0.15, 0.2) is 0 Å². The van der Waals surface area contributed by atoms with Crippen LogP contribution in [0.3, 0.4) is 0 Å². The van der Waals surface area contributed by atoms with Gasteiger partial charge < -0.3 is 9.84 Å². The first kappa shape index (κ1) is 17.4. The molecule has 0 bridgehead atoms.